The number of methoxy groups -OCH3 is 1. The van der Waals surface area contributed by atoms with Gasteiger partial charge in [-0.1, -0.05) is 47.7 Å². The number of aryl methyl sites for hydroxylation is 1. The van der Waals surface area contributed by atoms with Gasteiger partial charge in [0.25, 0.3) is 0 Å². The van der Waals surface area contributed by atoms with Crippen molar-refractivity contribution >= 4 is 23.5 Å². The van der Waals surface area contributed by atoms with E-state index < -0.39 is 5.97 Å². The zero-order valence-electron chi connectivity index (χ0n) is 16.2. The van der Waals surface area contributed by atoms with Crippen LogP contribution in [0.3, 0.4) is 0 Å². The number of hydrogen-bond acceptors (Lipinski definition) is 4. The van der Waals surface area contributed by atoms with E-state index in [0.29, 0.717) is 13.0 Å². The van der Waals surface area contributed by atoms with Crippen molar-refractivity contribution in [1.29, 1.82) is 0 Å². The minimum atomic E-state index is -0.434. The highest BCUT2D eigenvalue weighted by Gasteiger charge is 2.25. The van der Waals surface area contributed by atoms with Gasteiger partial charge in [0.2, 0.25) is 5.91 Å². The summed E-state index contributed by atoms with van der Waals surface area (Å²) in [5, 5.41) is 0.750. The van der Waals surface area contributed by atoms with Crippen molar-refractivity contribution in [2.24, 2.45) is 0 Å². The monoisotopic (exact) mass is 403 g/mol. The molecule has 28 heavy (non-hydrogen) atoms. The number of ether oxygens (including phenoxy) is 2. The van der Waals surface area contributed by atoms with Gasteiger partial charge in [-0.05, 0) is 43.4 Å². The number of allylic oxidation sites excluding steroid dienone is 1. The first kappa shape index (κ1) is 22.0. The molecule has 0 aliphatic carbocycles. The molecule has 1 atom stereocenters. The van der Waals surface area contributed by atoms with Crippen LogP contribution in [0.2, 0.25) is 5.02 Å². The molecule has 0 unspecified atom stereocenters. The first-order chi connectivity index (χ1) is 13.6. The van der Waals surface area contributed by atoms with Crippen LogP contribution >= 0.6 is 11.6 Å². The van der Waals surface area contributed by atoms with E-state index >= 15 is 0 Å². The van der Waals surface area contributed by atoms with Gasteiger partial charge in [-0.2, -0.15) is 0 Å². The van der Waals surface area contributed by atoms with Gasteiger partial charge < -0.3 is 14.4 Å². The molecule has 1 aromatic carbocycles. The molecule has 1 aromatic rings. The SMILES string of the molecule is COC(=O)COCC#CCN1C(=O)CCC[C@@H]1/C=C/CCc1cccc(Cl)c1. The molecule has 0 radical (unpaired) electrons. The molecule has 150 valence electrons. The van der Waals surface area contributed by atoms with E-state index in [2.05, 4.69) is 34.8 Å². The zero-order chi connectivity index (χ0) is 20.2. The van der Waals surface area contributed by atoms with Crippen molar-refractivity contribution in [3.8, 4) is 11.8 Å². The second-order valence-electron chi connectivity index (χ2n) is 6.50. The third-order valence-electron chi connectivity index (χ3n) is 4.45. The summed E-state index contributed by atoms with van der Waals surface area (Å²) < 4.78 is 9.57. The van der Waals surface area contributed by atoms with Gasteiger partial charge in [-0.15, -0.1) is 0 Å². The standard InChI is InChI=1S/C22H26ClNO4/c1-27-22(26)17-28-15-5-4-14-24-20(12-7-13-21(24)25)11-3-2-8-18-9-6-10-19(23)16-18/h3,6,9-11,16,20H,2,7-8,12-15,17H2,1H3/b11-3+/t20-/m0/s1. The number of carbonyl (C=O) groups is 2. The molecule has 1 fully saturated rings. The van der Waals surface area contributed by atoms with Crippen molar-refractivity contribution < 1.29 is 19.1 Å². The van der Waals surface area contributed by atoms with Crippen LogP contribution in [0.15, 0.2) is 36.4 Å². The van der Waals surface area contributed by atoms with Crippen molar-refractivity contribution in [2.75, 3.05) is 26.9 Å². The number of esters is 1. The van der Waals surface area contributed by atoms with Gasteiger partial charge in [0.05, 0.1) is 19.7 Å². The number of likely N-dealkylation sites (tertiary alicyclic amines) is 1. The van der Waals surface area contributed by atoms with Crippen molar-refractivity contribution in [3.63, 3.8) is 0 Å². The summed E-state index contributed by atoms with van der Waals surface area (Å²) in [7, 11) is 1.31. The molecule has 0 saturated carbocycles. The molecule has 0 N–H and O–H groups in total. The molecule has 1 amide bonds. The van der Waals surface area contributed by atoms with E-state index in [0.717, 1.165) is 30.7 Å². The van der Waals surface area contributed by atoms with Crippen LogP contribution < -0.4 is 0 Å². The van der Waals surface area contributed by atoms with Crippen LogP contribution in [-0.4, -0.2) is 49.7 Å². The van der Waals surface area contributed by atoms with E-state index in [1.165, 1.54) is 12.7 Å². The predicted octanol–water partition coefficient (Wildman–Crippen LogP) is 3.40. The summed E-state index contributed by atoms with van der Waals surface area (Å²) in [5.74, 6) is 5.49. The summed E-state index contributed by atoms with van der Waals surface area (Å²) >= 11 is 6.01. The number of nitrogens with zero attached hydrogens (tertiary/aromatic N) is 1. The lowest BCUT2D eigenvalue weighted by Gasteiger charge is -2.32. The van der Waals surface area contributed by atoms with Gasteiger partial charge in [-0.25, -0.2) is 4.79 Å². The highest BCUT2D eigenvalue weighted by molar-refractivity contribution is 6.30. The summed E-state index contributed by atoms with van der Waals surface area (Å²) in [5.41, 5.74) is 1.20. The summed E-state index contributed by atoms with van der Waals surface area (Å²) in [6.07, 6.45) is 8.45. The average molecular weight is 404 g/mol. The van der Waals surface area contributed by atoms with E-state index in [4.69, 9.17) is 16.3 Å². The van der Waals surface area contributed by atoms with Crippen LogP contribution in [0.5, 0.6) is 0 Å². The average Bonchev–Trinajstić information content (AvgIpc) is 2.69. The Kier molecular flexibility index (Phi) is 9.61. The largest absolute Gasteiger partial charge is 0.467 e. The van der Waals surface area contributed by atoms with Gasteiger partial charge in [0.1, 0.15) is 13.2 Å². The number of hydrogen-bond donors (Lipinski definition) is 0. The quantitative estimate of drug-likeness (QED) is 0.289. The van der Waals surface area contributed by atoms with Crippen molar-refractivity contribution in [3.05, 3.63) is 47.0 Å². The predicted molar refractivity (Wildman–Crippen MR) is 109 cm³/mol. The number of benzene rings is 1. The Morgan fingerprint density at radius 3 is 3.04 bits per heavy atom. The molecule has 0 bridgehead atoms. The number of piperidine rings is 1. The van der Waals surface area contributed by atoms with Crippen molar-refractivity contribution in [1.82, 2.24) is 4.90 Å². The number of rotatable bonds is 8. The van der Waals surface area contributed by atoms with E-state index in [1.807, 2.05) is 23.1 Å². The number of amides is 1. The second-order valence-corrected chi connectivity index (χ2v) is 6.94. The normalized spacial score (nSPS) is 16.7. The maximum absolute atomic E-state index is 12.3. The maximum Gasteiger partial charge on any atom is 0.331 e. The van der Waals surface area contributed by atoms with Gasteiger partial charge >= 0.3 is 5.97 Å². The van der Waals surface area contributed by atoms with Crippen molar-refractivity contribution in [2.45, 2.75) is 38.1 Å². The van der Waals surface area contributed by atoms with Crippen LogP contribution in [0.4, 0.5) is 0 Å². The van der Waals surface area contributed by atoms with Gasteiger partial charge in [0.15, 0.2) is 0 Å². The van der Waals surface area contributed by atoms with E-state index in [1.54, 1.807) is 0 Å². The Morgan fingerprint density at radius 2 is 2.25 bits per heavy atom. The summed E-state index contributed by atoms with van der Waals surface area (Å²) in [4.78, 5) is 25.0. The zero-order valence-corrected chi connectivity index (χ0v) is 16.9. The van der Waals surface area contributed by atoms with Crippen LogP contribution in [0.1, 0.15) is 31.2 Å². The van der Waals surface area contributed by atoms with Crippen LogP contribution in [0, 0.1) is 11.8 Å². The fourth-order valence-corrected chi connectivity index (χ4v) is 3.20. The molecule has 5 nitrogen and oxygen atoms in total. The molecule has 1 aliphatic heterocycles. The molecular formula is C22H26ClNO4. The Bertz CT molecular complexity index is 750. The minimum Gasteiger partial charge on any atom is -0.467 e. The summed E-state index contributed by atoms with van der Waals surface area (Å²) in [6.45, 7) is 0.382. The molecule has 2 rings (SSSR count). The lowest BCUT2D eigenvalue weighted by Crippen LogP contribution is -2.42. The Hall–Kier alpha value is -2.29. The maximum atomic E-state index is 12.3. The Labute approximate surface area is 171 Å². The molecule has 0 aromatic heterocycles. The highest BCUT2D eigenvalue weighted by Crippen LogP contribution is 2.19. The van der Waals surface area contributed by atoms with E-state index in [9.17, 15) is 9.59 Å². The number of halogens is 1. The first-order valence-electron chi connectivity index (χ1n) is 9.41. The van der Waals surface area contributed by atoms with Gasteiger partial charge in [-0.3, -0.25) is 4.79 Å². The second kappa shape index (κ2) is 12.2. The topological polar surface area (TPSA) is 55.8 Å². The fourth-order valence-electron chi connectivity index (χ4n) is 2.98. The first-order valence-corrected chi connectivity index (χ1v) is 9.79. The molecule has 6 heteroatoms. The van der Waals surface area contributed by atoms with Gasteiger partial charge in [0, 0.05) is 11.4 Å². The third kappa shape index (κ3) is 7.75. The fraction of sp³-hybridized carbons (Fsp3) is 0.455. The highest BCUT2D eigenvalue weighted by atomic mass is 35.5. The molecule has 1 aliphatic rings. The van der Waals surface area contributed by atoms with E-state index in [-0.39, 0.29) is 25.2 Å². The molecule has 1 heterocycles. The number of carbonyl (C=O) groups excluding carboxylic acids is 2. The van der Waals surface area contributed by atoms with Crippen LogP contribution in [0.25, 0.3) is 0 Å². The lowest BCUT2D eigenvalue weighted by atomic mass is 10.0. The molecule has 1 saturated heterocycles. The summed E-state index contributed by atoms with van der Waals surface area (Å²) in [6, 6.07) is 7.94. The lowest BCUT2D eigenvalue weighted by molar-refractivity contribution is -0.145. The van der Waals surface area contributed by atoms with Crippen LogP contribution in [-0.2, 0) is 25.5 Å². The molecule has 0 spiro atoms. The Morgan fingerprint density at radius 1 is 1.39 bits per heavy atom. The molecular weight excluding hydrogens is 378 g/mol. The minimum absolute atomic E-state index is 0.0749. The third-order valence-corrected chi connectivity index (χ3v) is 4.69. The smallest absolute Gasteiger partial charge is 0.331 e. The Balaban J connectivity index is 1.80.